The van der Waals surface area contributed by atoms with E-state index in [0.717, 1.165) is 57.2 Å². The van der Waals surface area contributed by atoms with Crippen LogP contribution < -0.4 is 5.48 Å². The smallest absolute Gasteiger partial charge is 0.441 e. The topological polar surface area (TPSA) is 104 Å². The maximum Gasteiger partial charge on any atom is 0.441 e. The highest BCUT2D eigenvalue weighted by atomic mass is 16.7. The number of esters is 1. The third kappa shape index (κ3) is 6.66. The fourth-order valence-corrected chi connectivity index (χ4v) is 5.57. The number of carbonyl (C=O) groups is 2. The van der Waals surface area contributed by atoms with E-state index >= 15 is 0 Å². The first-order valence-corrected chi connectivity index (χ1v) is 12.7. The molecule has 4 rings (SSSR count). The highest BCUT2D eigenvalue weighted by molar-refractivity contribution is 5.75. The largest absolute Gasteiger partial charge is 0.461 e. The van der Waals surface area contributed by atoms with Crippen molar-refractivity contribution in [3.05, 3.63) is 35.9 Å². The maximum absolute atomic E-state index is 12.5. The molecule has 0 saturated carbocycles. The summed E-state index contributed by atoms with van der Waals surface area (Å²) in [6.07, 6.45) is 4.89. The standard InChI is InChI=1S/C26H38N4O5/c1-26(2,3)34-25(32)28-35-24(27)30-20-9-10-21(30)16-22(15-20)29-13-11-19(12-14-29)23(31)33-17-18-7-5-4-6-8-18/h4-8,19-22,27H,9-17H2,1-3H3,(H,28,32)/t20-,21+,22+. The van der Waals surface area contributed by atoms with Crippen LogP contribution in [0.3, 0.4) is 0 Å². The molecule has 3 aliphatic heterocycles. The molecule has 2 N–H and O–H groups in total. The van der Waals surface area contributed by atoms with Crippen molar-refractivity contribution in [1.82, 2.24) is 15.3 Å². The monoisotopic (exact) mass is 486 g/mol. The first-order chi connectivity index (χ1) is 16.7. The van der Waals surface area contributed by atoms with Crippen LogP contribution in [-0.2, 0) is 25.7 Å². The first-order valence-electron chi connectivity index (χ1n) is 12.7. The molecule has 2 bridgehead atoms. The van der Waals surface area contributed by atoms with E-state index in [4.69, 9.17) is 19.7 Å². The molecule has 1 aromatic carbocycles. The number of likely N-dealkylation sites (tertiary alicyclic amines) is 1. The van der Waals surface area contributed by atoms with Gasteiger partial charge in [-0.25, -0.2) is 10.2 Å². The molecule has 3 saturated heterocycles. The third-order valence-electron chi connectivity index (χ3n) is 7.18. The molecule has 1 amide bonds. The number of hydrogen-bond acceptors (Lipinski definition) is 7. The van der Waals surface area contributed by atoms with Gasteiger partial charge in [-0.2, -0.15) is 0 Å². The normalized spacial score (nSPS) is 25.1. The van der Waals surface area contributed by atoms with Gasteiger partial charge in [-0.3, -0.25) is 4.79 Å². The molecule has 0 spiro atoms. The van der Waals surface area contributed by atoms with Crippen LogP contribution in [-0.4, -0.2) is 64.7 Å². The van der Waals surface area contributed by atoms with E-state index < -0.39 is 11.7 Å². The molecular weight excluding hydrogens is 448 g/mol. The molecular formula is C26H38N4O5. The van der Waals surface area contributed by atoms with Gasteiger partial charge in [-0.1, -0.05) is 30.3 Å². The Balaban J connectivity index is 1.21. The fraction of sp³-hybridized carbons (Fsp3) is 0.654. The van der Waals surface area contributed by atoms with Gasteiger partial charge in [0.2, 0.25) is 0 Å². The van der Waals surface area contributed by atoms with Gasteiger partial charge in [0.1, 0.15) is 12.2 Å². The summed E-state index contributed by atoms with van der Waals surface area (Å²) >= 11 is 0. The average Bonchev–Trinajstić information content (AvgIpc) is 3.10. The molecule has 3 aliphatic rings. The Morgan fingerprint density at radius 3 is 2.23 bits per heavy atom. The van der Waals surface area contributed by atoms with Gasteiger partial charge in [-0.05, 0) is 77.9 Å². The van der Waals surface area contributed by atoms with Crippen molar-refractivity contribution in [2.24, 2.45) is 5.92 Å². The second-order valence-electron chi connectivity index (χ2n) is 10.8. The molecule has 0 radical (unpaired) electrons. The Kier molecular flexibility index (Phi) is 7.84. The van der Waals surface area contributed by atoms with Crippen LogP contribution in [0.2, 0.25) is 0 Å². The van der Waals surface area contributed by atoms with Crippen molar-refractivity contribution >= 4 is 18.1 Å². The highest BCUT2D eigenvalue weighted by Gasteiger charge is 2.45. The molecule has 3 atom stereocenters. The highest BCUT2D eigenvalue weighted by Crippen LogP contribution is 2.38. The van der Waals surface area contributed by atoms with Gasteiger partial charge in [0.15, 0.2) is 0 Å². The molecule has 9 nitrogen and oxygen atoms in total. The summed E-state index contributed by atoms with van der Waals surface area (Å²) in [5.74, 6) is -0.126. The summed E-state index contributed by atoms with van der Waals surface area (Å²) in [4.78, 5) is 34.2. The average molecular weight is 487 g/mol. The Morgan fingerprint density at radius 1 is 1.00 bits per heavy atom. The van der Waals surface area contributed by atoms with E-state index in [9.17, 15) is 9.59 Å². The summed E-state index contributed by atoms with van der Waals surface area (Å²) in [6.45, 7) is 7.45. The van der Waals surface area contributed by atoms with Gasteiger partial charge in [0.05, 0.1) is 5.92 Å². The van der Waals surface area contributed by atoms with E-state index in [2.05, 4.69) is 10.4 Å². The summed E-state index contributed by atoms with van der Waals surface area (Å²) < 4.78 is 10.7. The van der Waals surface area contributed by atoms with Gasteiger partial charge in [0, 0.05) is 18.1 Å². The number of carbonyl (C=O) groups excluding carboxylic acids is 2. The molecule has 0 aliphatic carbocycles. The molecule has 9 heteroatoms. The number of hydrogen-bond donors (Lipinski definition) is 2. The SMILES string of the molecule is CC(C)(C)OC(=O)NOC(=N)N1[C@@H]2CC[C@H]1C[C@@H](N1CCC(C(=O)OCc3ccccc3)CC1)C2. The van der Waals surface area contributed by atoms with Crippen LogP contribution in [0.25, 0.3) is 0 Å². The number of nitrogens with zero attached hydrogens (tertiary/aromatic N) is 2. The lowest BCUT2D eigenvalue weighted by Crippen LogP contribution is -2.55. The van der Waals surface area contributed by atoms with Gasteiger partial charge in [0.25, 0.3) is 0 Å². The minimum atomic E-state index is -0.699. The first kappa shape index (κ1) is 25.3. The van der Waals surface area contributed by atoms with Crippen LogP contribution in [0.5, 0.6) is 0 Å². The number of hydroxylamine groups is 1. The van der Waals surface area contributed by atoms with Crippen molar-refractivity contribution < 1.29 is 23.9 Å². The fourth-order valence-electron chi connectivity index (χ4n) is 5.57. The molecule has 0 unspecified atom stereocenters. The lowest BCUT2D eigenvalue weighted by molar-refractivity contribution is -0.151. The van der Waals surface area contributed by atoms with Crippen LogP contribution in [0.4, 0.5) is 4.79 Å². The zero-order chi connectivity index (χ0) is 25.0. The van der Waals surface area contributed by atoms with E-state index in [-0.39, 0.29) is 30.0 Å². The molecule has 3 fully saturated rings. The van der Waals surface area contributed by atoms with Crippen molar-refractivity contribution in [3.63, 3.8) is 0 Å². The molecule has 1 aromatic rings. The van der Waals surface area contributed by atoms with Crippen molar-refractivity contribution in [1.29, 1.82) is 5.41 Å². The molecule has 192 valence electrons. The van der Waals surface area contributed by atoms with Crippen LogP contribution in [0, 0.1) is 11.3 Å². The molecule has 35 heavy (non-hydrogen) atoms. The molecule has 3 heterocycles. The third-order valence-corrected chi connectivity index (χ3v) is 7.18. The number of amidine groups is 1. The summed E-state index contributed by atoms with van der Waals surface area (Å²) in [5.41, 5.74) is 2.62. The van der Waals surface area contributed by atoms with Crippen molar-refractivity contribution in [3.8, 4) is 0 Å². The summed E-state index contributed by atoms with van der Waals surface area (Å²) in [7, 11) is 0. The van der Waals surface area contributed by atoms with Crippen LogP contribution in [0.1, 0.15) is 64.9 Å². The minimum Gasteiger partial charge on any atom is -0.461 e. The van der Waals surface area contributed by atoms with E-state index in [1.807, 2.05) is 35.2 Å². The van der Waals surface area contributed by atoms with E-state index in [1.165, 1.54) is 0 Å². The lowest BCUT2D eigenvalue weighted by atomic mass is 9.91. The minimum absolute atomic E-state index is 0.0262. The number of fused-ring (bicyclic) bond motifs is 2. The number of rotatable bonds is 4. The summed E-state index contributed by atoms with van der Waals surface area (Å²) in [5, 5.41) is 8.36. The van der Waals surface area contributed by atoms with Crippen molar-refractivity contribution in [2.75, 3.05) is 13.1 Å². The van der Waals surface area contributed by atoms with Crippen LogP contribution in [0.15, 0.2) is 30.3 Å². The second kappa shape index (κ2) is 10.8. The quantitative estimate of drug-likeness (QED) is 0.288. The van der Waals surface area contributed by atoms with Crippen LogP contribution >= 0.6 is 0 Å². The number of amides is 1. The Bertz CT molecular complexity index is 881. The maximum atomic E-state index is 12.5. The van der Waals surface area contributed by atoms with E-state index in [0.29, 0.717) is 12.6 Å². The predicted molar refractivity (Wildman–Crippen MR) is 130 cm³/mol. The van der Waals surface area contributed by atoms with Gasteiger partial charge >= 0.3 is 18.1 Å². The van der Waals surface area contributed by atoms with Crippen molar-refractivity contribution in [2.45, 2.75) is 89.6 Å². The zero-order valence-electron chi connectivity index (χ0n) is 21.0. The predicted octanol–water partition coefficient (Wildman–Crippen LogP) is 3.83. The Morgan fingerprint density at radius 2 is 1.63 bits per heavy atom. The zero-order valence-corrected chi connectivity index (χ0v) is 21.0. The van der Waals surface area contributed by atoms with Gasteiger partial charge in [-0.15, -0.1) is 5.48 Å². The molecule has 0 aromatic heterocycles. The summed E-state index contributed by atoms with van der Waals surface area (Å²) in [6, 6.07) is 10.6. The number of nitrogens with one attached hydrogen (secondary N) is 2. The number of benzene rings is 1. The number of piperidine rings is 2. The lowest BCUT2D eigenvalue weighted by Gasteiger charge is -2.45. The Labute approximate surface area is 207 Å². The second-order valence-corrected chi connectivity index (χ2v) is 10.8. The van der Waals surface area contributed by atoms with E-state index in [1.54, 1.807) is 20.8 Å². The Hall–Kier alpha value is -2.81. The van der Waals surface area contributed by atoms with Gasteiger partial charge < -0.3 is 24.1 Å². The number of ether oxygens (including phenoxy) is 2.